The Kier molecular flexibility index (Phi) is 5.26. The molecule has 0 bridgehead atoms. The molecular formula is C16H16F5N3O2S. The number of benzene rings is 1. The maximum Gasteiger partial charge on any atom is 0.435 e. The van der Waals surface area contributed by atoms with Gasteiger partial charge < -0.3 is 0 Å². The number of nitrogens with one attached hydrogen (secondary N) is 1. The molecule has 1 aliphatic carbocycles. The summed E-state index contributed by atoms with van der Waals surface area (Å²) < 4.78 is 92.2. The van der Waals surface area contributed by atoms with E-state index in [4.69, 9.17) is 0 Å². The van der Waals surface area contributed by atoms with Crippen molar-refractivity contribution in [3.8, 4) is 0 Å². The van der Waals surface area contributed by atoms with E-state index in [9.17, 15) is 30.4 Å². The normalized spacial score (nSPS) is 15.3. The van der Waals surface area contributed by atoms with Gasteiger partial charge in [-0.1, -0.05) is 0 Å². The molecule has 1 heterocycles. The molecule has 1 fully saturated rings. The smallest absolute Gasteiger partial charge is 0.267 e. The SMILES string of the molecule is O=S(=O)(Cc1cc(F)cc(F)c1)NCCn1nc(C(F)(F)F)cc1C1CC1. The van der Waals surface area contributed by atoms with Crippen LogP contribution < -0.4 is 4.72 Å². The monoisotopic (exact) mass is 409 g/mol. The highest BCUT2D eigenvalue weighted by atomic mass is 32.2. The van der Waals surface area contributed by atoms with E-state index in [2.05, 4.69) is 9.82 Å². The Bertz CT molecular complexity index is 916. The number of nitrogens with zero attached hydrogens (tertiary/aromatic N) is 2. The van der Waals surface area contributed by atoms with Crippen LogP contribution in [0.5, 0.6) is 0 Å². The van der Waals surface area contributed by atoms with Gasteiger partial charge in [-0.3, -0.25) is 4.68 Å². The summed E-state index contributed by atoms with van der Waals surface area (Å²) in [6.45, 7) is -0.280. The summed E-state index contributed by atoms with van der Waals surface area (Å²) in [6, 6.07) is 3.41. The number of hydrogen-bond donors (Lipinski definition) is 1. The fourth-order valence-electron chi connectivity index (χ4n) is 2.73. The van der Waals surface area contributed by atoms with Crippen molar-refractivity contribution in [2.24, 2.45) is 0 Å². The zero-order valence-electron chi connectivity index (χ0n) is 13.9. The van der Waals surface area contributed by atoms with Crippen LogP contribution in [0, 0.1) is 11.6 Å². The van der Waals surface area contributed by atoms with Crippen LogP contribution in [0.4, 0.5) is 22.0 Å². The van der Waals surface area contributed by atoms with Crippen molar-refractivity contribution in [3.63, 3.8) is 0 Å². The van der Waals surface area contributed by atoms with Gasteiger partial charge in [0.05, 0.1) is 12.3 Å². The molecule has 148 valence electrons. The summed E-state index contributed by atoms with van der Waals surface area (Å²) in [7, 11) is -3.92. The van der Waals surface area contributed by atoms with Gasteiger partial charge in [-0.2, -0.15) is 18.3 Å². The molecule has 1 saturated carbocycles. The molecule has 0 atom stereocenters. The molecule has 1 N–H and O–H groups in total. The Morgan fingerprint density at radius 3 is 2.30 bits per heavy atom. The van der Waals surface area contributed by atoms with Crippen LogP contribution in [-0.2, 0) is 28.5 Å². The first-order valence-corrected chi connectivity index (χ1v) is 9.76. The van der Waals surface area contributed by atoms with Gasteiger partial charge in [0.1, 0.15) is 11.6 Å². The van der Waals surface area contributed by atoms with Crippen LogP contribution in [-0.4, -0.2) is 24.7 Å². The van der Waals surface area contributed by atoms with Gasteiger partial charge in [-0.05, 0) is 36.6 Å². The minimum absolute atomic E-state index is 0.000441. The number of sulfonamides is 1. The molecule has 2 aromatic rings. The standard InChI is InChI=1S/C16H16F5N3O2S/c17-12-5-10(6-13(18)7-12)9-27(25,26)22-3-4-24-14(11-1-2-11)8-15(23-24)16(19,20)21/h5-8,11,22H,1-4,9H2. The van der Waals surface area contributed by atoms with Gasteiger partial charge in [0.25, 0.3) is 0 Å². The predicted octanol–water partition coefficient (Wildman–Crippen LogP) is 3.18. The molecule has 0 unspecified atom stereocenters. The first kappa shape index (κ1) is 19.7. The first-order chi connectivity index (χ1) is 12.5. The van der Waals surface area contributed by atoms with Crippen molar-refractivity contribution in [2.75, 3.05) is 6.54 Å². The van der Waals surface area contributed by atoms with Crippen molar-refractivity contribution in [3.05, 3.63) is 52.9 Å². The Labute approximate surface area is 152 Å². The van der Waals surface area contributed by atoms with Gasteiger partial charge >= 0.3 is 6.18 Å². The lowest BCUT2D eigenvalue weighted by molar-refractivity contribution is -0.141. The third-order valence-corrected chi connectivity index (χ3v) is 5.38. The van der Waals surface area contributed by atoms with E-state index in [0.29, 0.717) is 11.8 Å². The summed E-state index contributed by atoms with van der Waals surface area (Å²) in [6.07, 6.45) is -3.05. The zero-order chi connectivity index (χ0) is 19.8. The maximum atomic E-state index is 13.1. The van der Waals surface area contributed by atoms with Gasteiger partial charge in [0.2, 0.25) is 10.0 Å². The number of halogens is 5. The van der Waals surface area contributed by atoms with E-state index in [0.717, 1.165) is 35.7 Å². The molecule has 5 nitrogen and oxygen atoms in total. The molecule has 1 aliphatic rings. The number of alkyl halides is 3. The zero-order valence-corrected chi connectivity index (χ0v) is 14.7. The second-order valence-corrected chi connectivity index (χ2v) is 8.19. The van der Waals surface area contributed by atoms with Crippen molar-refractivity contribution < 1.29 is 30.4 Å². The summed E-state index contributed by atoms with van der Waals surface area (Å²) in [5.74, 6) is -2.44. The molecule has 1 aromatic heterocycles. The average molecular weight is 409 g/mol. The Morgan fingerprint density at radius 2 is 1.74 bits per heavy atom. The van der Waals surface area contributed by atoms with Crippen LogP contribution >= 0.6 is 0 Å². The Hall–Kier alpha value is -2.01. The summed E-state index contributed by atoms with van der Waals surface area (Å²) >= 11 is 0. The van der Waals surface area contributed by atoms with Crippen LogP contribution in [0.25, 0.3) is 0 Å². The molecule has 0 radical (unpaired) electrons. The maximum absolute atomic E-state index is 13.1. The van der Waals surface area contributed by atoms with Gasteiger partial charge in [-0.15, -0.1) is 0 Å². The van der Waals surface area contributed by atoms with E-state index in [-0.39, 0.29) is 24.6 Å². The molecular weight excluding hydrogens is 393 g/mol. The number of rotatable bonds is 7. The van der Waals surface area contributed by atoms with E-state index in [1.54, 1.807) is 0 Å². The lowest BCUT2D eigenvalue weighted by Crippen LogP contribution is -2.29. The van der Waals surface area contributed by atoms with Crippen LogP contribution in [0.1, 0.15) is 35.7 Å². The van der Waals surface area contributed by atoms with Crippen molar-refractivity contribution in [1.82, 2.24) is 14.5 Å². The first-order valence-electron chi connectivity index (χ1n) is 8.11. The van der Waals surface area contributed by atoms with E-state index in [1.807, 2.05) is 0 Å². The fraction of sp³-hybridized carbons (Fsp3) is 0.438. The van der Waals surface area contributed by atoms with Crippen molar-refractivity contribution >= 4 is 10.0 Å². The highest BCUT2D eigenvalue weighted by Crippen LogP contribution is 2.42. The highest BCUT2D eigenvalue weighted by Gasteiger charge is 2.37. The topological polar surface area (TPSA) is 64.0 Å². The highest BCUT2D eigenvalue weighted by molar-refractivity contribution is 7.88. The molecule has 0 saturated heterocycles. The molecule has 0 amide bonds. The van der Waals surface area contributed by atoms with Crippen LogP contribution in [0.15, 0.2) is 24.3 Å². The Morgan fingerprint density at radius 1 is 1.11 bits per heavy atom. The molecule has 3 rings (SSSR count). The minimum Gasteiger partial charge on any atom is -0.267 e. The van der Waals surface area contributed by atoms with Crippen molar-refractivity contribution in [2.45, 2.75) is 37.2 Å². The quantitative estimate of drug-likeness (QED) is 0.715. The predicted molar refractivity (Wildman–Crippen MR) is 86.2 cm³/mol. The Balaban J connectivity index is 1.64. The van der Waals surface area contributed by atoms with Gasteiger partial charge in [0, 0.05) is 24.2 Å². The lowest BCUT2D eigenvalue weighted by Gasteiger charge is -2.09. The summed E-state index contributed by atoms with van der Waals surface area (Å²) in [5, 5.41) is 3.53. The molecule has 0 aliphatic heterocycles. The van der Waals surface area contributed by atoms with Gasteiger partial charge in [-0.25, -0.2) is 21.9 Å². The van der Waals surface area contributed by atoms with E-state index in [1.165, 1.54) is 0 Å². The number of aromatic nitrogens is 2. The fourth-order valence-corrected chi connectivity index (χ4v) is 3.84. The molecule has 0 spiro atoms. The van der Waals surface area contributed by atoms with E-state index >= 15 is 0 Å². The average Bonchev–Trinajstić information content (AvgIpc) is 3.24. The van der Waals surface area contributed by atoms with Crippen LogP contribution in [0.2, 0.25) is 0 Å². The largest absolute Gasteiger partial charge is 0.435 e. The van der Waals surface area contributed by atoms with Crippen molar-refractivity contribution in [1.29, 1.82) is 0 Å². The lowest BCUT2D eigenvalue weighted by atomic mass is 10.2. The summed E-state index contributed by atoms with van der Waals surface area (Å²) in [5.41, 5.74) is -0.659. The minimum atomic E-state index is -4.57. The molecule has 1 aromatic carbocycles. The molecule has 27 heavy (non-hydrogen) atoms. The second-order valence-electron chi connectivity index (χ2n) is 6.38. The number of hydrogen-bond acceptors (Lipinski definition) is 3. The van der Waals surface area contributed by atoms with Crippen LogP contribution in [0.3, 0.4) is 0 Å². The van der Waals surface area contributed by atoms with Gasteiger partial charge in [0.15, 0.2) is 5.69 Å². The second kappa shape index (κ2) is 7.19. The molecule has 11 heteroatoms. The summed E-state index contributed by atoms with van der Waals surface area (Å²) in [4.78, 5) is 0. The third kappa shape index (κ3) is 5.25. The van der Waals surface area contributed by atoms with E-state index < -0.39 is 39.3 Å². The third-order valence-electron chi connectivity index (χ3n) is 4.02.